The molecule has 23 heavy (non-hydrogen) atoms. The zero-order valence-corrected chi connectivity index (χ0v) is 12.9. The fourth-order valence-electron chi connectivity index (χ4n) is 1.86. The lowest BCUT2D eigenvalue weighted by Gasteiger charge is -1.94. The van der Waals surface area contributed by atoms with E-state index in [4.69, 9.17) is 11.6 Å². The molecule has 0 aliphatic rings. The molecule has 0 fully saturated rings. The molecule has 0 radical (unpaired) electrons. The quantitative estimate of drug-likeness (QED) is 0.464. The number of benzene rings is 2. The molecule has 3 aromatic rings. The first-order chi connectivity index (χ1) is 11.3. The smallest absolute Gasteiger partial charge is 0.209 e. The van der Waals surface area contributed by atoms with E-state index in [-0.39, 0.29) is 5.28 Å². The highest BCUT2D eigenvalue weighted by Crippen LogP contribution is 2.06. The number of halogens is 1. The summed E-state index contributed by atoms with van der Waals surface area (Å²) >= 11 is 5.96. The maximum absolute atomic E-state index is 5.96. The van der Waals surface area contributed by atoms with Crippen LogP contribution in [0.3, 0.4) is 0 Å². The normalized spacial score (nSPS) is 9.26. The van der Waals surface area contributed by atoms with E-state index in [2.05, 4.69) is 33.6 Å². The lowest BCUT2D eigenvalue weighted by atomic mass is 10.2. The molecular formula is C20H11ClN2. The minimum atomic E-state index is 0.141. The molecule has 0 bridgehead atoms. The van der Waals surface area contributed by atoms with Crippen molar-refractivity contribution in [2.45, 2.75) is 0 Å². The summed E-state index contributed by atoms with van der Waals surface area (Å²) in [6, 6.07) is 21.1. The fraction of sp³-hybridized carbons (Fsp3) is 0. The highest BCUT2D eigenvalue weighted by molar-refractivity contribution is 6.28. The molecular weight excluding hydrogens is 304 g/mol. The van der Waals surface area contributed by atoms with Crippen LogP contribution in [0.2, 0.25) is 5.28 Å². The molecule has 1 heterocycles. The van der Waals surface area contributed by atoms with Gasteiger partial charge < -0.3 is 0 Å². The summed E-state index contributed by atoms with van der Waals surface area (Å²) in [7, 11) is 0. The van der Waals surface area contributed by atoms with Crippen molar-refractivity contribution in [2.24, 2.45) is 0 Å². The first-order valence-electron chi connectivity index (χ1n) is 6.98. The first-order valence-corrected chi connectivity index (χ1v) is 7.36. The van der Waals surface area contributed by atoms with Crippen molar-refractivity contribution in [1.29, 1.82) is 0 Å². The third kappa shape index (κ3) is 4.45. The van der Waals surface area contributed by atoms with E-state index < -0.39 is 0 Å². The Morgan fingerprint density at radius 1 is 0.609 bits per heavy atom. The molecule has 1 aromatic heterocycles. The number of hydrogen-bond acceptors (Lipinski definition) is 2. The summed E-state index contributed by atoms with van der Waals surface area (Å²) in [6.07, 6.45) is 0. The van der Waals surface area contributed by atoms with Crippen molar-refractivity contribution in [3.05, 3.63) is 94.5 Å². The van der Waals surface area contributed by atoms with Gasteiger partial charge in [0, 0.05) is 17.2 Å². The molecule has 3 heteroatoms. The van der Waals surface area contributed by atoms with Gasteiger partial charge in [0.2, 0.25) is 5.28 Å². The van der Waals surface area contributed by atoms with Crippen LogP contribution in [0.25, 0.3) is 0 Å². The van der Waals surface area contributed by atoms with Crippen LogP contribution in [0.1, 0.15) is 22.5 Å². The van der Waals surface area contributed by atoms with Gasteiger partial charge in [-0.2, -0.15) is 0 Å². The minimum absolute atomic E-state index is 0.141. The summed E-state index contributed by atoms with van der Waals surface area (Å²) in [5.74, 6) is 12.1. The molecule has 0 aliphatic carbocycles. The van der Waals surface area contributed by atoms with Crippen LogP contribution >= 0.6 is 11.6 Å². The van der Waals surface area contributed by atoms with Crippen LogP contribution < -0.4 is 0 Å². The van der Waals surface area contributed by atoms with E-state index in [1.54, 1.807) is 6.07 Å². The predicted octanol–water partition coefficient (Wildman–Crippen LogP) is 3.93. The molecule has 0 unspecified atom stereocenters. The summed E-state index contributed by atoms with van der Waals surface area (Å²) in [5, 5.41) is 0.141. The van der Waals surface area contributed by atoms with Crippen LogP contribution in [0.4, 0.5) is 0 Å². The molecule has 2 nitrogen and oxygen atoms in total. The standard InChI is InChI=1S/C20H11ClN2/c21-20-22-18(13-11-16-7-3-1-4-8-16)15-19(23-20)14-12-17-9-5-2-6-10-17/h1-10,15H. The zero-order chi connectivity index (χ0) is 15.9. The Balaban J connectivity index is 1.89. The van der Waals surface area contributed by atoms with Crippen molar-refractivity contribution < 1.29 is 0 Å². The van der Waals surface area contributed by atoms with Gasteiger partial charge in [0.25, 0.3) is 0 Å². The van der Waals surface area contributed by atoms with Gasteiger partial charge in [0.15, 0.2) is 0 Å². The van der Waals surface area contributed by atoms with Gasteiger partial charge in [-0.3, -0.25) is 0 Å². The third-order valence-electron chi connectivity index (χ3n) is 2.92. The van der Waals surface area contributed by atoms with Crippen LogP contribution in [-0.2, 0) is 0 Å². The Labute approximate surface area is 140 Å². The monoisotopic (exact) mass is 314 g/mol. The number of aromatic nitrogens is 2. The number of rotatable bonds is 0. The Morgan fingerprint density at radius 2 is 1.04 bits per heavy atom. The second kappa shape index (κ2) is 7.27. The van der Waals surface area contributed by atoms with Gasteiger partial charge >= 0.3 is 0 Å². The van der Waals surface area contributed by atoms with Gasteiger partial charge in [-0.15, -0.1) is 0 Å². The first kappa shape index (κ1) is 14.9. The van der Waals surface area contributed by atoms with E-state index in [0.717, 1.165) is 11.1 Å². The maximum atomic E-state index is 5.96. The lowest BCUT2D eigenvalue weighted by Crippen LogP contribution is -1.92. The average Bonchev–Trinajstić information content (AvgIpc) is 2.60. The van der Waals surface area contributed by atoms with Crippen LogP contribution in [0, 0.1) is 23.7 Å². The fourth-order valence-corrected chi connectivity index (χ4v) is 2.04. The number of hydrogen-bond donors (Lipinski definition) is 0. The molecule has 0 saturated heterocycles. The Kier molecular flexibility index (Phi) is 4.69. The van der Waals surface area contributed by atoms with E-state index in [1.807, 2.05) is 60.7 Å². The second-order valence-corrected chi connectivity index (χ2v) is 4.98. The predicted molar refractivity (Wildman–Crippen MR) is 91.9 cm³/mol. The van der Waals surface area contributed by atoms with Crippen molar-refractivity contribution >= 4 is 11.6 Å². The number of nitrogens with zero attached hydrogens (tertiary/aromatic N) is 2. The Morgan fingerprint density at radius 3 is 1.48 bits per heavy atom. The minimum Gasteiger partial charge on any atom is -0.209 e. The van der Waals surface area contributed by atoms with Gasteiger partial charge in [0.05, 0.1) is 0 Å². The van der Waals surface area contributed by atoms with E-state index in [9.17, 15) is 0 Å². The van der Waals surface area contributed by atoms with Gasteiger partial charge in [0.1, 0.15) is 11.4 Å². The van der Waals surface area contributed by atoms with E-state index >= 15 is 0 Å². The summed E-state index contributed by atoms with van der Waals surface area (Å²) in [6.45, 7) is 0. The Bertz CT molecular complexity index is 852. The molecule has 0 N–H and O–H groups in total. The van der Waals surface area contributed by atoms with E-state index in [1.165, 1.54) is 0 Å². The largest absolute Gasteiger partial charge is 0.224 e. The van der Waals surface area contributed by atoms with E-state index in [0.29, 0.717) is 11.4 Å². The van der Waals surface area contributed by atoms with Gasteiger partial charge in [-0.05, 0) is 47.7 Å². The highest BCUT2D eigenvalue weighted by atomic mass is 35.5. The maximum Gasteiger partial charge on any atom is 0.224 e. The molecule has 0 atom stereocenters. The lowest BCUT2D eigenvalue weighted by molar-refractivity contribution is 1.13. The van der Waals surface area contributed by atoms with Gasteiger partial charge in [-0.1, -0.05) is 48.2 Å². The molecule has 0 spiro atoms. The Hall–Kier alpha value is -3.07. The van der Waals surface area contributed by atoms with Crippen molar-refractivity contribution in [3.63, 3.8) is 0 Å². The average molecular weight is 315 g/mol. The molecule has 3 rings (SSSR count). The molecule has 0 saturated carbocycles. The van der Waals surface area contributed by atoms with Crippen molar-refractivity contribution in [1.82, 2.24) is 9.97 Å². The summed E-state index contributed by atoms with van der Waals surface area (Å²) < 4.78 is 0. The third-order valence-corrected chi connectivity index (χ3v) is 3.09. The molecule has 0 aliphatic heterocycles. The second-order valence-electron chi connectivity index (χ2n) is 4.64. The van der Waals surface area contributed by atoms with Gasteiger partial charge in [-0.25, -0.2) is 9.97 Å². The molecule has 2 aromatic carbocycles. The SMILES string of the molecule is Clc1nc(C#Cc2ccccc2)cc(C#Cc2ccccc2)n1. The van der Waals surface area contributed by atoms with Crippen LogP contribution in [0.5, 0.6) is 0 Å². The zero-order valence-electron chi connectivity index (χ0n) is 12.1. The summed E-state index contributed by atoms with van der Waals surface area (Å²) in [5.41, 5.74) is 2.93. The summed E-state index contributed by atoms with van der Waals surface area (Å²) in [4.78, 5) is 8.23. The highest BCUT2D eigenvalue weighted by Gasteiger charge is 1.99. The van der Waals surface area contributed by atoms with Crippen LogP contribution in [0.15, 0.2) is 66.7 Å². The topological polar surface area (TPSA) is 25.8 Å². The molecule has 0 amide bonds. The van der Waals surface area contributed by atoms with Crippen molar-refractivity contribution in [3.8, 4) is 23.7 Å². The van der Waals surface area contributed by atoms with Crippen molar-refractivity contribution in [2.75, 3.05) is 0 Å². The van der Waals surface area contributed by atoms with Crippen LogP contribution in [-0.4, -0.2) is 9.97 Å². The molecule has 108 valence electrons.